The number of carboxylic acid groups (broad SMARTS) is 1. The SMILES string of the molecule is C[C@@]1(O)[C@H](O)[C@@H](CO[P@@]2(=O)OCC[C@@H](c3cccc(Cl)c3)O2)O[C@H]1n1cnc2c(N)ncnc21.O=C(O)C(F)(F)F. The van der Waals surface area contributed by atoms with Gasteiger partial charge >= 0.3 is 20.0 Å². The van der Waals surface area contributed by atoms with E-state index in [1.807, 2.05) is 6.07 Å². The third kappa shape index (κ3) is 6.79. The van der Waals surface area contributed by atoms with Gasteiger partial charge in [0.15, 0.2) is 17.7 Å². The summed E-state index contributed by atoms with van der Waals surface area (Å²) >= 11 is 6.05. The molecule has 14 nitrogen and oxygen atoms in total. The van der Waals surface area contributed by atoms with Crippen molar-refractivity contribution in [3.8, 4) is 0 Å². The number of nitrogens with zero attached hydrogens (tertiary/aromatic N) is 4. The lowest BCUT2D eigenvalue weighted by Crippen LogP contribution is -2.44. The van der Waals surface area contributed by atoms with Gasteiger partial charge in [-0.3, -0.25) is 18.1 Å². The molecule has 2 aliphatic heterocycles. The Bertz CT molecular complexity index is 1460. The van der Waals surface area contributed by atoms with Crippen LogP contribution >= 0.6 is 19.4 Å². The highest BCUT2D eigenvalue weighted by Crippen LogP contribution is 2.57. The Kier molecular flexibility index (Phi) is 8.92. The maximum Gasteiger partial charge on any atom is 0.490 e. The first-order chi connectivity index (χ1) is 19.1. The Balaban J connectivity index is 0.000000493. The predicted molar refractivity (Wildman–Crippen MR) is 133 cm³/mol. The fraction of sp³-hybridized carbons (Fsp3) is 0.455. The molecule has 0 aliphatic carbocycles. The first-order valence-corrected chi connectivity index (χ1v) is 13.6. The van der Waals surface area contributed by atoms with Gasteiger partial charge in [0.05, 0.1) is 25.6 Å². The van der Waals surface area contributed by atoms with Crippen LogP contribution in [0.5, 0.6) is 0 Å². The van der Waals surface area contributed by atoms with Gasteiger partial charge in [0.1, 0.15) is 29.7 Å². The van der Waals surface area contributed by atoms with Crippen LogP contribution < -0.4 is 5.73 Å². The number of alkyl halides is 3. The Hall–Kier alpha value is -2.89. The van der Waals surface area contributed by atoms with Gasteiger partial charge in [-0.25, -0.2) is 24.3 Å². The monoisotopic (exact) mass is 625 g/mol. The van der Waals surface area contributed by atoms with Crippen molar-refractivity contribution in [2.24, 2.45) is 0 Å². The molecule has 0 amide bonds. The molecule has 6 atom stereocenters. The molecule has 5 rings (SSSR count). The summed E-state index contributed by atoms with van der Waals surface area (Å²) in [5.41, 5.74) is 5.47. The number of halogens is 4. The van der Waals surface area contributed by atoms with Crippen molar-refractivity contribution in [3.63, 3.8) is 0 Å². The summed E-state index contributed by atoms with van der Waals surface area (Å²) in [5.74, 6) is -2.59. The van der Waals surface area contributed by atoms with Crippen molar-refractivity contribution >= 4 is 42.4 Å². The van der Waals surface area contributed by atoms with Crippen molar-refractivity contribution in [2.45, 2.75) is 49.7 Å². The number of nitrogen functional groups attached to an aromatic ring is 1. The minimum atomic E-state index is -5.08. The fourth-order valence-corrected chi connectivity index (χ4v) is 5.69. The van der Waals surface area contributed by atoms with Gasteiger partial charge in [-0.1, -0.05) is 23.7 Å². The number of phosphoric ester groups is 1. The van der Waals surface area contributed by atoms with Crippen LogP contribution in [0.1, 0.15) is 31.2 Å². The van der Waals surface area contributed by atoms with Crippen LogP contribution in [0.15, 0.2) is 36.9 Å². The Morgan fingerprint density at radius 2 is 2.05 bits per heavy atom. The molecule has 4 heterocycles. The van der Waals surface area contributed by atoms with Crippen LogP contribution in [0.4, 0.5) is 19.0 Å². The van der Waals surface area contributed by atoms with E-state index in [1.54, 1.807) is 18.2 Å². The molecule has 224 valence electrons. The number of aliphatic hydroxyl groups is 2. The van der Waals surface area contributed by atoms with Gasteiger partial charge in [0.2, 0.25) is 0 Å². The maximum atomic E-state index is 13.1. The zero-order chi connectivity index (χ0) is 30.2. The molecule has 0 radical (unpaired) electrons. The number of carbonyl (C=O) groups is 1. The van der Waals surface area contributed by atoms with Crippen LogP contribution in [-0.4, -0.2) is 78.0 Å². The maximum absolute atomic E-state index is 13.1. The van der Waals surface area contributed by atoms with Crippen molar-refractivity contribution in [3.05, 3.63) is 47.5 Å². The number of imidazole rings is 1. The highest BCUT2D eigenvalue weighted by Gasteiger charge is 2.54. The number of fused-ring (bicyclic) bond motifs is 1. The number of aliphatic carboxylic acids is 1. The molecular formula is C22H24ClF3N5O9P. The smallest absolute Gasteiger partial charge is 0.475 e. The molecule has 2 fully saturated rings. The van der Waals surface area contributed by atoms with Crippen LogP contribution in [0.25, 0.3) is 11.2 Å². The molecule has 3 aromatic rings. The summed E-state index contributed by atoms with van der Waals surface area (Å²) < 4.78 is 68.6. The van der Waals surface area contributed by atoms with E-state index in [0.717, 1.165) is 5.56 Å². The number of ether oxygens (including phenoxy) is 1. The van der Waals surface area contributed by atoms with E-state index < -0.39 is 50.1 Å². The number of aliphatic hydroxyl groups excluding tert-OH is 1. The fourth-order valence-electron chi connectivity index (χ4n) is 4.10. The highest BCUT2D eigenvalue weighted by molar-refractivity contribution is 7.48. The van der Waals surface area contributed by atoms with Gasteiger partial charge in [-0.15, -0.1) is 0 Å². The molecule has 19 heteroatoms. The normalized spacial score (nSPS) is 30.1. The second-order valence-electron chi connectivity index (χ2n) is 9.10. The number of phosphoric acid groups is 1. The minimum Gasteiger partial charge on any atom is -0.475 e. The van der Waals surface area contributed by atoms with E-state index in [9.17, 15) is 27.9 Å². The first-order valence-electron chi connectivity index (χ1n) is 11.7. The molecule has 0 spiro atoms. The van der Waals surface area contributed by atoms with Crippen molar-refractivity contribution in [2.75, 3.05) is 18.9 Å². The highest BCUT2D eigenvalue weighted by atomic mass is 35.5. The zero-order valence-corrected chi connectivity index (χ0v) is 22.7. The van der Waals surface area contributed by atoms with E-state index in [0.29, 0.717) is 22.6 Å². The Labute approximate surface area is 234 Å². The molecule has 5 N–H and O–H groups in total. The lowest BCUT2D eigenvalue weighted by molar-refractivity contribution is -0.192. The molecule has 0 saturated carbocycles. The van der Waals surface area contributed by atoms with Crippen LogP contribution in [0, 0.1) is 0 Å². The van der Waals surface area contributed by atoms with Gasteiger partial charge in [-0.05, 0) is 24.6 Å². The molecule has 2 aromatic heterocycles. The molecule has 2 aliphatic rings. The summed E-state index contributed by atoms with van der Waals surface area (Å²) in [6.45, 7) is 1.19. The minimum absolute atomic E-state index is 0.144. The average Bonchev–Trinajstić information content (AvgIpc) is 3.42. The van der Waals surface area contributed by atoms with Crippen LogP contribution in [0.3, 0.4) is 0 Å². The lowest BCUT2D eigenvalue weighted by Gasteiger charge is -2.30. The summed E-state index contributed by atoms with van der Waals surface area (Å²) in [6, 6.07) is 7.03. The summed E-state index contributed by atoms with van der Waals surface area (Å²) in [6.07, 6.45) is -6.04. The first kappa shape index (κ1) is 31.1. The van der Waals surface area contributed by atoms with Gasteiger partial charge < -0.3 is 25.8 Å². The quantitative estimate of drug-likeness (QED) is 0.302. The van der Waals surface area contributed by atoms with Gasteiger partial charge in [-0.2, -0.15) is 13.2 Å². The van der Waals surface area contributed by atoms with E-state index in [4.69, 9.17) is 45.5 Å². The van der Waals surface area contributed by atoms with Crippen molar-refractivity contribution in [1.82, 2.24) is 19.5 Å². The number of benzene rings is 1. The third-order valence-electron chi connectivity index (χ3n) is 6.14. The van der Waals surface area contributed by atoms with E-state index in [-0.39, 0.29) is 19.0 Å². The molecule has 2 saturated heterocycles. The number of nitrogens with two attached hydrogens (primary N) is 1. The topological polar surface area (TPSA) is 201 Å². The second-order valence-corrected chi connectivity index (χ2v) is 11.2. The largest absolute Gasteiger partial charge is 0.490 e. The molecule has 0 bridgehead atoms. The predicted octanol–water partition coefficient (Wildman–Crippen LogP) is 3.01. The Morgan fingerprint density at radius 1 is 1.34 bits per heavy atom. The van der Waals surface area contributed by atoms with Gasteiger partial charge in [0.25, 0.3) is 0 Å². The number of anilines is 1. The van der Waals surface area contributed by atoms with E-state index in [1.165, 1.54) is 24.1 Å². The zero-order valence-electron chi connectivity index (χ0n) is 21.0. The second kappa shape index (κ2) is 11.8. The van der Waals surface area contributed by atoms with E-state index in [2.05, 4.69) is 15.0 Å². The summed E-state index contributed by atoms with van der Waals surface area (Å²) in [5, 5.41) is 29.4. The molecule has 0 unspecified atom stereocenters. The average molecular weight is 626 g/mol. The molecule has 1 aromatic carbocycles. The molecular weight excluding hydrogens is 602 g/mol. The van der Waals surface area contributed by atoms with Crippen molar-refractivity contribution in [1.29, 1.82) is 0 Å². The van der Waals surface area contributed by atoms with Gasteiger partial charge in [0, 0.05) is 11.4 Å². The summed E-state index contributed by atoms with van der Waals surface area (Å²) in [7, 11) is -3.97. The van der Waals surface area contributed by atoms with Crippen molar-refractivity contribution < 1.29 is 56.2 Å². The Morgan fingerprint density at radius 3 is 2.71 bits per heavy atom. The number of hydrogen-bond donors (Lipinski definition) is 4. The lowest BCUT2D eigenvalue weighted by atomic mass is 9.96. The summed E-state index contributed by atoms with van der Waals surface area (Å²) in [4.78, 5) is 21.1. The number of hydrogen-bond acceptors (Lipinski definition) is 12. The van der Waals surface area contributed by atoms with Crippen LogP contribution in [-0.2, 0) is 27.7 Å². The third-order valence-corrected chi connectivity index (χ3v) is 7.85. The number of rotatable bonds is 5. The van der Waals surface area contributed by atoms with E-state index >= 15 is 0 Å². The number of carboxylic acids is 1. The molecule has 41 heavy (non-hydrogen) atoms. The standard InChI is InChI=1S/C20H23ClN5O7P.C2HF3O2/c1-20(28)16(27)14(32-19(20)26-10-25-15-17(22)23-9-24-18(15)26)8-31-34(29)30-6-5-13(33-34)11-3-2-4-12(21)7-11;3-2(4,5)1(6)7/h2-4,7,9-10,13-14,16,19,27-28H,5-6,8H2,1H3,(H2,22,23,24);(H,6,7)/t13-,14+,16+,19+,20+,34+;/m0./s1. The number of aromatic nitrogens is 4. The van der Waals surface area contributed by atoms with Crippen LogP contribution in [0.2, 0.25) is 5.02 Å².